The molecule has 3 N–H and O–H groups in total. The number of hydrogen-bond acceptors (Lipinski definition) is 3. The van der Waals surface area contributed by atoms with Crippen LogP contribution in [-0.2, 0) is 17.9 Å². The largest absolute Gasteiger partial charge is 0.368 e. The first-order valence-corrected chi connectivity index (χ1v) is 7.26. The molecule has 0 aliphatic carbocycles. The number of primary amides is 1. The van der Waals surface area contributed by atoms with E-state index < -0.39 is 5.91 Å². The summed E-state index contributed by atoms with van der Waals surface area (Å²) in [5, 5.41) is 6.70. The minimum Gasteiger partial charge on any atom is -0.368 e. The quantitative estimate of drug-likeness (QED) is 0.825. The average molecular weight is 354 g/mol. The van der Waals surface area contributed by atoms with E-state index in [0.29, 0.717) is 11.4 Å². The fourth-order valence-electron chi connectivity index (χ4n) is 1.96. The maximum absolute atomic E-state index is 12.3. The summed E-state index contributed by atoms with van der Waals surface area (Å²) < 4.78 is 4.11. The Balaban J connectivity index is 2.10. The maximum Gasteiger partial charge on any atom is 0.272 e. The van der Waals surface area contributed by atoms with E-state index in [0.717, 1.165) is 17.4 Å². The number of carbonyl (C=O) groups is 2. The number of halogens is 1. The van der Waals surface area contributed by atoms with Crippen LogP contribution in [0.3, 0.4) is 0 Å². The van der Waals surface area contributed by atoms with Crippen LogP contribution in [0.5, 0.6) is 0 Å². The number of aromatic nitrogens is 3. The Labute approximate surface area is 130 Å². The van der Waals surface area contributed by atoms with Crippen LogP contribution in [0.25, 0.3) is 0 Å². The molecule has 7 nitrogen and oxygen atoms in total. The Bertz CT molecular complexity index is 661. The third kappa shape index (κ3) is 3.94. The number of anilines is 1. The van der Waals surface area contributed by atoms with Gasteiger partial charge in [-0.05, 0) is 28.4 Å². The highest BCUT2D eigenvalue weighted by molar-refractivity contribution is 9.10. The summed E-state index contributed by atoms with van der Waals surface area (Å²) in [6.45, 7) is 2.78. The first-order chi connectivity index (χ1) is 9.99. The predicted octanol–water partition coefficient (Wildman–Crippen LogP) is 1.59. The van der Waals surface area contributed by atoms with Crippen LogP contribution in [-0.4, -0.2) is 26.2 Å². The van der Waals surface area contributed by atoms with E-state index in [9.17, 15) is 9.59 Å². The normalized spacial score (nSPS) is 10.6. The van der Waals surface area contributed by atoms with Gasteiger partial charge in [0.1, 0.15) is 12.2 Å². The lowest BCUT2D eigenvalue weighted by atomic mass is 10.3. The molecule has 0 aliphatic rings. The monoisotopic (exact) mass is 353 g/mol. The van der Waals surface area contributed by atoms with Crippen molar-refractivity contribution in [1.29, 1.82) is 0 Å². The van der Waals surface area contributed by atoms with Crippen LogP contribution >= 0.6 is 15.9 Å². The van der Waals surface area contributed by atoms with Crippen molar-refractivity contribution in [3.8, 4) is 0 Å². The number of carbonyl (C=O) groups excluding carboxylic acids is 2. The van der Waals surface area contributed by atoms with Crippen molar-refractivity contribution in [2.45, 2.75) is 26.4 Å². The topological polar surface area (TPSA) is 94.9 Å². The van der Waals surface area contributed by atoms with Crippen molar-refractivity contribution < 1.29 is 9.59 Å². The zero-order chi connectivity index (χ0) is 15.4. The standard InChI is InChI=1S/C13H16BrN5O2/c1-2-3-18-6-9(14)4-11(18)13(21)17-10-5-16-19(7-10)8-12(15)20/h4-7H,2-3,8H2,1H3,(H2,15,20)(H,17,21). The maximum atomic E-state index is 12.3. The van der Waals surface area contributed by atoms with Crippen LogP contribution in [0.15, 0.2) is 29.1 Å². The number of nitrogens with zero attached hydrogens (tertiary/aromatic N) is 3. The predicted molar refractivity (Wildman–Crippen MR) is 81.8 cm³/mol. The van der Waals surface area contributed by atoms with Gasteiger partial charge in [0.15, 0.2) is 0 Å². The lowest BCUT2D eigenvalue weighted by Crippen LogP contribution is -2.19. The molecule has 0 atom stereocenters. The number of rotatable bonds is 6. The second kappa shape index (κ2) is 6.57. The number of amides is 2. The smallest absolute Gasteiger partial charge is 0.272 e. The molecule has 2 aromatic rings. The molecule has 21 heavy (non-hydrogen) atoms. The zero-order valence-electron chi connectivity index (χ0n) is 11.5. The first-order valence-electron chi connectivity index (χ1n) is 6.47. The number of nitrogens with two attached hydrogens (primary N) is 1. The van der Waals surface area contributed by atoms with Crippen LogP contribution in [0.1, 0.15) is 23.8 Å². The van der Waals surface area contributed by atoms with Gasteiger partial charge in [-0.3, -0.25) is 14.3 Å². The first kappa shape index (κ1) is 15.3. The molecule has 0 saturated carbocycles. The van der Waals surface area contributed by atoms with E-state index in [1.54, 1.807) is 12.3 Å². The molecule has 0 radical (unpaired) electrons. The van der Waals surface area contributed by atoms with Gasteiger partial charge in [-0.15, -0.1) is 0 Å². The fraction of sp³-hybridized carbons (Fsp3) is 0.308. The van der Waals surface area contributed by atoms with Gasteiger partial charge < -0.3 is 15.6 Å². The SMILES string of the molecule is CCCn1cc(Br)cc1C(=O)Nc1cnn(CC(N)=O)c1. The highest BCUT2D eigenvalue weighted by Gasteiger charge is 2.14. The molecule has 2 heterocycles. The van der Waals surface area contributed by atoms with Crippen LogP contribution < -0.4 is 11.1 Å². The van der Waals surface area contributed by atoms with E-state index in [4.69, 9.17) is 5.73 Å². The molecule has 2 amide bonds. The van der Waals surface area contributed by atoms with Gasteiger partial charge >= 0.3 is 0 Å². The summed E-state index contributed by atoms with van der Waals surface area (Å²) in [7, 11) is 0. The Kier molecular flexibility index (Phi) is 4.79. The number of hydrogen-bond donors (Lipinski definition) is 2. The van der Waals surface area contributed by atoms with E-state index in [-0.39, 0.29) is 12.5 Å². The van der Waals surface area contributed by atoms with Crippen LogP contribution in [0, 0.1) is 0 Å². The highest BCUT2D eigenvalue weighted by Crippen LogP contribution is 2.17. The Hall–Kier alpha value is -2.09. The average Bonchev–Trinajstić information content (AvgIpc) is 2.96. The molecular formula is C13H16BrN5O2. The zero-order valence-corrected chi connectivity index (χ0v) is 13.1. The van der Waals surface area contributed by atoms with Crippen molar-refractivity contribution in [2.75, 3.05) is 5.32 Å². The molecule has 0 spiro atoms. The second-order valence-corrected chi connectivity index (χ2v) is 5.50. The Morgan fingerprint density at radius 3 is 2.86 bits per heavy atom. The minimum absolute atomic E-state index is 0.0202. The summed E-state index contributed by atoms with van der Waals surface area (Å²) in [5.41, 5.74) is 6.16. The fourth-order valence-corrected chi connectivity index (χ4v) is 2.42. The molecule has 0 aliphatic heterocycles. The third-order valence-electron chi connectivity index (χ3n) is 2.77. The highest BCUT2D eigenvalue weighted by atomic mass is 79.9. The van der Waals surface area contributed by atoms with Crippen molar-refractivity contribution in [3.63, 3.8) is 0 Å². The molecule has 0 bridgehead atoms. The lowest BCUT2D eigenvalue weighted by Gasteiger charge is -2.07. The molecule has 0 fully saturated rings. The number of nitrogens with one attached hydrogen (secondary N) is 1. The molecule has 112 valence electrons. The van der Waals surface area contributed by atoms with Crippen molar-refractivity contribution in [3.05, 3.63) is 34.8 Å². The molecule has 2 rings (SSSR count). The summed E-state index contributed by atoms with van der Waals surface area (Å²) in [6.07, 6.45) is 5.83. The molecule has 0 saturated heterocycles. The second-order valence-electron chi connectivity index (χ2n) is 4.58. The van der Waals surface area contributed by atoms with Gasteiger partial charge in [-0.1, -0.05) is 6.92 Å². The van der Waals surface area contributed by atoms with Gasteiger partial charge in [0, 0.05) is 23.4 Å². The van der Waals surface area contributed by atoms with Gasteiger partial charge in [-0.25, -0.2) is 0 Å². The van der Waals surface area contributed by atoms with Gasteiger partial charge in [0.05, 0.1) is 11.9 Å². The van der Waals surface area contributed by atoms with E-state index in [1.165, 1.54) is 10.9 Å². The summed E-state index contributed by atoms with van der Waals surface area (Å²) >= 11 is 3.37. The Morgan fingerprint density at radius 2 is 2.19 bits per heavy atom. The van der Waals surface area contributed by atoms with E-state index >= 15 is 0 Å². The van der Waals surface area contributed by atoms with E-state index in [2.05, 4.69) is 26.3 Å². The van der Waals surface area contributed by atoms with Gasteiger partial charge in [-0.2, -0.15) is 5.10 Å². The molecular weight excluding hydrogens is 338 g/mol. The third-order valence-corrected chi connectivity index (χ3v) is 3.20. The van der Waals surface area contributed by atoms with Crippen molar-refractivity contribution in [1.82, 2.24) is 14.3 Å². The van der Waals surface area contributed by atoms with Crippen molar-refractivity contribution >= 4 is 33.4 Å². The molecule has 2 aromatic heterocycles. The molecule has 0 aromatic carbocycles. The Morgan fingerprint density at radius 1 is 1.43 bits per heavy atom. The minimum atomic E-state index is -0.489. The van der Waals surface area contributed by atoms with Crippen LogP contribution in [0.2, 0.25) is 0 Å². The lowest BCUT2D eigenvalue weighted by molar-refractivity contribution is -0.118. The summed E-state index contributed by atoms with van der Waals surface area (Å²) in [5.74, 6) is -0.718. The van der Waals surface area contributed by atoms with Gasteiger partial charge in [0.25, 0.3) is 5.91 Å². The van der Waals surface area contributed by atoms with Gasteiger partial charge in [0.2, 0.25) is 5.91 Å². The summed E-state index contributed by atoms with van der Waals surface area (Å²) in [4.78, 5) is 23.1. The van der Waals surface area contributed by atoms with Crippen molar-refractivity contribution in [2.24, 2.45) is 5.73 Å². The van der Waals surface area contributed by atoms with Crippen LogP contribution in [0.4, 0.5) is 5.69 Å². The summed E-state index contributed by atoms with van der Waals surface area (Å²) in [6, 6.07) is 1.76. The number of aryl methyl sites for hydroxylation is 1. The molecule has 0 unspecified atom stereocenters. The van der Waals surface area contributed by atoms with E-state index in [1.807, 2.05) is 17.7 Å². The molecule has 8 heteroatoms.